The molecule has 36 heavy (non-hydrogen) atoms. The van der Waals surface area contributed by atoms with Crippen LogP contribution >= 0.6 is 0 Å². The van der Waals surface area contributed by atoms with Crippen molar-refractivity contribution in [3.8, 4) is 29.3 Å². The zero-order valence-electron chi connectivity index (χ0n) is 20.6. The van der Waals surface area contributed by atoms with E-state index in [4.69, 9.17) is 9.47 Å². The maximum absolute atomic E-state index is 11.6. The average Bonchev–Trinajstić information content (AvgIpc) is 3.45. The second kappa shape index (κ2) is 7.78. The van der Waals surface area contributed by atoms with Gasteiger partial charge in [0.2, 0.25) is 11.8 Å². The zero-order valence-corrected chi connectivity index (χ0v) is 20.6. The van der Waals surface area contributed by atoms with Crippen LogP contribution in [0.25, 0.3) is 16.5 Å². The number of ether oxygens (including phenoxy) is 2. The number of benzene rings is 3. The smallest absolute Gasteiger partial charge is 0.205 e. The van der Waals surface area contributed by atoms with Crippen molar-refractivity contribution in [3.05, 3.63) is 82.4 Å². The molecule has 0 spiro atoms. The first-order valence-corrected chi connectivity index (χ1v) is 12.3. The van der Waals surface area contributed by atoms with Crippen molar-refractivity contribution in [2.45, 2.75) is 51.2 Å². The summed E-state index contributed by atoms with van der Waals surface area (Å²) < 4.78 is 14.1. The van der Waals surface area contributed by atoms with E-state index in [0.29, 0.717) is 35.4 Å². The van der Waals surface area contributed by atoms with Crippen molar-refractivity contribution in [3.63, 3.8) is 0 Å². The summed E-state index contributed by atoms with van der Waals surface area (Å²) in [5.41, 5.74) is 3.42. The normalized spacial score (nSPS) is 22.1. The third-order valence-corrected chi connectivity index (χ3v) is 8.05. The first kappa shape index (κ1) is 22.5. The molecule has 6 nitrogen and oxygen atoms in total. The summed E-state index contributed by atoms with van der Waals surface area (Å²) in [7, 11) is 0. The standard InChI is InChI=1S/C30H28N2O4/c1-18-8-10-21(16-19(18)2)35-15-14-30-13-12-29(3,36-30)25-26(30)28(34)32(27(25)33)24-11-9-20(17-31)22-6-4-5-7-23(22)24/h4-11,16,33-34H,12-15H2,1-3H3/t29-,30-/m1/s1. The number of nitrogens with zero attached hydrogens (tertiary/aromatic N) is 2. The second-order valence-corrected chi connectivity index (χ2v) is 10.2. The Balaban J connectivity index is 1.41. The first-order chi connectivity index (χ1) is 17.3. The fraction of sp³-hybridized carbons (Fsp3) is 0.300. The van der Waals surface area contributed by atoms with Crippen LogP contribution in [0.3, 0.4) is 0 Å². The van der Waals surface area contributed by atoms with E-state index < -0.39 is 11.2 Å². The van der Waals surface area contributed by atoms with Gasteiger partial charge in [-0.3, -0.25) is 4.57 Å². The molecule has 182 valence electrons. The quantitative estimate of drug-likeness (QED) is 0.353. The van der Waals surface area contributed by atoms with Crippen LogP contribution in [0.2, 0.25) is 0 Å². The van der Waals surface area contributed by atoms with E-state index in [9.17, 15) is 15.5 Å². The van der Waals surface area contributed by atoms with Crippen molar-refractivity contribution < 1.29 is 19.7 Å². The Morgan fingerprint density at radius 3 is 2.47 bits per heavy atom. The summed E-state index contributed by atoms with van der Waals surface area (Å²) in [6.45, 7) is 6.53. The summed E-state index contributed by atoms with van der Waals surface area (Å²) in [6.07, 6.45) is 2.03. The number of hydrogen-bond donors (Lipinski definition) is 2. The molecule has 2 aliphatic rings. The molecule has 1 saturated heterocycles. The Morgan fingerprint density at radius 2 is 1.72 bits per heavy atom. The molecular weight excluding hydrogens is 452 g/mol. The van der Waals surface area contributed by atoms with Gasteiger partial charge in [-0.05, 0) is 69.0 Å². The predicted molar refractivity (Wildman–Crippen MR) is 137 cm³/mol. The highest BCUT2D eigenvalue weighted by Crippen LogP contribution is 2.65. The van der Waals surface area contributed by atoms with Crippen LogP contribution in [-0.4, -0.2) is 21.4 Å². The minimum absolute atomic E-state index is 0.0171. The molecule has 2 bridgehead atoms. The Kier molecular flexibility index (Phi) is 4.86. The van der Waals surface area contributed by atoms with Gasteiger partial charge in [0.25, 0.3) is 0 Å². The summed E-state index contributed by atoms with van der Waals surface area (Å²) in [5, 5.41) is 34.1. The second-order valence-electron chi connectivity index (χ2n) is 10.2. The monoisotopic (exact) mass is 480 g/mol. The van der Waals surface area contributed by atoms with E-state index in [1.807, 2.05) is 49.4 Å². The van der Waals surface area contributed by atoms with Gasteiger partial charge in [-0.25, -0.2) is 0 Å². The van der Waals surface area contributed by atoms with Crippen LogP contribution in [0, 0.1) is 25.2 Å². The van der Waals surface area contributed by atoms with E-state index >= 15 is 0 Å². The fourth-order valence-corrected chi connectivity index (χ4v) is 6.05. The number of hydrogen-bond acceptors (Lipinski definition) is 5. The van der Waals surface area contributed by atoms with Crippen LogP contribution in [0.1, 0.15) is 54.0 Å². The van der Waals surface area contributed by atoms with Crippen molar-refractivity contribution in [1.29, 1.82) is 5.26 Å². The lowest BCUT2D eigenvalue weighted by atomic mass is 9.78. The van der Waals surface area contributed by atoms with Crippen LogP contribution in [0.4, 0.5) is 0 Å². The number of nitriles is 1. The number of rotatable bonds is 5. The highest BCUT2D eigenvalue weighted by molar-refractivity contribution is 5.95. The minimum atomic E-state index is -0.737. The van der Waals surface area contributed by atoms with E-state index in [1.54, 1.807) is 12.1 Å². The molecule has 4 aromatic rings. The van der Waals surface area contributed by atoms with E-state index in [2.05, 4.69) is 19.9 Å². The van der Waals surface area contributed by atoms with Crippen molar-refractivity contribution in [1.82, 2.24) is 4.57 Å². The molecule has 1 aromatic heterocycles. The van der Waals surface area contributed by atoms with Gasteiger partial charge in [-0.2, -0.15) is 5.26 Å². The number of aromatic nitrogens is 1. The third-order valence-electron chi connectivity index (χ3n) is 8.05. The molecule has 0 saturated carbocycles. The summed E-state index contributed by atoms with van der Waals surface area (Å²) >= 11 is 0. The minimum Gasteiger partial charge on any atom is -0.494 e. The lowest BCUT2D eigenvalue weighted by Crippen LogP contribution is -2.25. The van der Waals surface area contributed by atoms with Crippen molar-refractivity contribution >= 4 is 10.8 Å². The molecule has 0 amide bonds. The Hall–Kier alpha value is -3.95. The maximum Gasteiger partial charge on any atom is 0.205 e. The highest BCUT2D eigenvalue weighted by atomic mass is 16.5. The topological polar surface area (TPSA) is 87.6 Å². The van der Waals surface area contributed by atoms with Crippen molar-refractivity contribution in [2.24, 2.45) is 0 Å². The molecule has 3 aromatic carbocycles. The van der Waals surface area contributed by atoms with Gasteiger partial charge >= 0.3 is 0 Å². The molecule has 6 rings (SSSR count). The Labute approximate surface area is 209 Å². The van der Waals surface area contributed by atoms with Crippen LogP contribution < -0.4 is 4.74 Å². The molecule has 0 aliphatic carbocycles. The maximum atomic E-state index is 11.6. The molecule has 2 atom stereocenters. The number of aromatic hydroxyl groups is 2. The summed E-state index contributed by atoms with van der Waals surface area (Å²) in [4.78, 5) is 0. The van der Waals surface area contributed by atoms with Gasteiger partial charge < -0.3 is 19.7 Å². The molecule has 6 heteroatoms. The van der Waals surface area contributed by atoms with E-state index in [-0.39, 0.29) is 11.8 Å². The predicted octanol–water partition coefficient (Wildman–Crippen LogP) is 6.23. The van der Waals surface area contributed by atoms with E-state index in [1.165, 1.54) is 15.7 Å². The van der Waals surface area contributed by atoms with Crippen LogP contribution in [0.5, 0.6) is 17.5 Å². The van der Waals surface area contributed by atoms with Gasteiger partial charge in [-0.15, -0.1) is 0 Å². The summed E-state index contributed by atoms with van der Waals surface area (Å²) in [5.74, 6) is 0.769. The molecule has 0 unspecified atom stereocenters. The molecule has 2 aliphatic heterocycles. The van der Waals surface area contributed by atoms with Crippen molar-refractivity contribution in [2.75, 3.05) is 6.61 Å². The highest BCUT2D eigenvalue weighted by Gasteiger charge is 2.61. The molecular formula is C30H28N2O4. The lowest BCUT2D eigenvalue weighted by Gasteiger charge is -2.26. The largest absolute Gasteiger partial charge is 0.494 e. The molecule has 0 radical (unpaired) electrons. The van der Waals surface area contributed by atoms with Gasteiger partial charge in [-0.1, -0.05) is 30.3 Å². The third kappa shape index (κ3) is 3.06. The van der Waals surface area contributed by atoms with Crippen LogP contribution in [-0.2, 0) is 15.9 Å². The molecule has 2 N–H and O–H groups in total. The van der Waals surface area contributed by atoms with Crippen LogP contribution in [0.15, 0.2) is 54.6 Å². The zero-order chi connectivity index (χ0) is 25.2. The van der Waals surface area contributed by atoms with E-state index in [0.717, 1.165) is 29.4 Å². The van der Waals surface area contributed by atoms with Gasteiger partial charge in [0, 0.05) is 17.2 Å². The SMILES string of the molecule is Cc1ccc(OCC[C@@]23CC[C@@](C)(O2)c2c3c(O)n(-c3ccc(C#N)c4ccccc34)c2O)cc1C. The number of aryl methyl sites for hydroxylation is 2. The molecule has 1 fully saturated rings. The number of fused-ring (bicyclic) bond motifs is 6. The summed E-state index contributed by atoms with van der Waals surface area (Å²) in [6, 6.07) is 19.3. The lowest BCUT2D eigenvalue weighted by molar-refractivity contribution is -0.0876. The first-order valence-electron chi connectivity index (χ1n) is 12.3. The molecule has 3 heterocycles. The van der Waals surface area contributed by atoms with Gasteiger partial charge in [0.05, 0.1) is 40.7 Å². The Morgan fingerprint density at radius 1 is 0.972 bits per heavy atom. The fourth-order valence-electron chi connectivity index (χ4n) is 6.05. The Bertz CT molecular complexity index is 1580. The average molecular weight is 481 g/mol. The van der Waals surface area contributed by atoms with Gasteiger partial charge in [0.1, 0.15) is 11.4 Å². The van der Waals surface area contributed by atoms with Gasteiger partial charge in [0.15, 0.2) is 0 Å².